The van der Waals surface area contributed by atoms with Crippen molar-refractivity contribution in [3.63, 3.8) is 0 Å². The van der Waals surface area contributed by atoms with E-state index in [4.69, 9.17) is 10.3 Å². The summed E-state index contributed by atoms with van der Waals surface area (Å²) in [4.78, 5) is 40.7. The van der Waals surface area contributed by atoms with Crippen LogP contribution in [0.4, 0.5) is 0 Å². The van der Waals surface area contributed by atoms with Gasteiger partial charge >= 0.3 is 11.9 Å². The molecule has 0 aromatic carbocycles. The van der Waals surface area contributed by atoms with Crippen LogP contribution >= 0.6 is 0 Å². The van der Waals surface area contributed by atoms with Gasteiger partial charge in [-0.2, -0.15) is 13.3 Å². The molecular formula is C18H33NO9S. The van der Waals surface area contributed by atoms with Gasteiger partial charge in [0.25, 0.3) is 10.1 Å². The van der Waals surface area contributed by atoms with Gasteiger partial charge < -0.3 is 10.5 Å². The number of primary amides is 1. The van der Waals surface area contributed by atoms with E-state index in [1.54, 1.807) is 0 Å². The number of hydrogen-bond acceptors (Lipinski definition) is 8. The number of rotatable bonds is 11. The molecule has 170 valence electrons. The van der Waals surface area contributed by atoms with Crippen LogP contribution in [0.25, 0.3) is 0 Å². The molecule has 0 aromatic heterocycles. The number of cyclic esters (lactones) is 1. The Morgan fingerprint density at radius 2 is 1.59 bits per heavy atom. The van der Waals surface area contributed by atoms with E-state index in [0.29, 0.717) is 6.42 Å². The summed E-state index contributed by atoms with van der Waals surface area (Å²) in [7, 11) is -4.72. The zero-order valence-corrected chi connectivity index (χ0v) is 17.8. The number of nitrogens with two attached hydrogens (primary N) is 1. The van der Waals surface area contributed by atoms with E-state index >= 15 is 0 Å². The van der Waals surface area contributed by atoms with Crippen LogP contribution in [0.3, 0.4) is 0 Å². The Morgan fingerprint density at radius 3 is 2.10 bits per heavy atom. The van der Waals surface area contributed by atoms with Crippen molar-refractivity contribution in [3.8, 4) is 0 Å². The number of hydrogen-bond donors (Lipinski definition) is 2. The quantitative estimate of drug-likeness (QED) is 0.212. The predicted octanol–water partition coefficient (Wildman–Crippen LogP) is 2.06. The molecule has 1 unspecified atom stereocenters. The topological polar surface area (TPSA) is 159 Å². The lowest BCUT2D eigenvalue weighted by Crippen LogP contribution is -2.33. The summed E-state index contributed by atoms with van der Waals surface area (Å²) in [5.41, 5.74) is 5.05. The third-order valence-electron chi connectivity index (χ3n) is 4.07. The second kappa shape index (κ2) is 16.1. The van der Waals surface area contributed by atoms with Gasteiger partial charge in [0.05, 0.1) is 6.42 Å². The Kier molecular flexibility index (Phi) is 15.2. The molecule has 0 radical (unpaired) electrons. The minimum absolute atomic E-state index is 0.159. The van der Waals surface area contributed by atoms with Gasteiger partial charge in [-0.15, -0.1) is 0 Å². The molecule has 1 heterocycles. The van der Waals surface area contributed by atoms with Gasteiger partial charge in [-0.05, 0) is 6.42 Å². The lowest BCUT2D eigenvalue weighted by Gasteiger charge is -2.08. The Balaban J connectivity index is 0.000000543. The van der Waals surface area contributed by atoms with Crippen LogP contribution in [0.1, 0.15) is 77.6 Å². The first-order valence-electron chi connectivity index (χ1n) is 9.92. The maximum atomic E-state index is 11.0. The van der Waals surface area contributed by atoms with Gasteiger partial charge in [0.15, 0.2) is 5.25 Å². The van der Waals surface area contributed by atoms with Crippen molar-refractivity contribution in [3.05, 3.63) is 0 Å². The lowest BCUT2D eigenvalue weighted by atomic mass is 10.1. The molecule has 1 fully saturated rings. The highest BCUT2D eigenvalue weighted by atomic mass is 32.2. The third kappa shape index (κ3) is 15.8. The van der Waals surface area contributed by atoms with Crippen molar-refractivity contribution in [1.29, 1.82) is 0 Å². The summed E-state index contributed by atoms with van der Waals surface area (Å²) in [5.74, 6) is -2.44. The van der Waals surface area contributed by atoms with E-state index in [1.807, 2.05) is 0 Å². The average Bonchev–Trinajstić information content (AvgIpc) is 2.71. The Morgan fingerprint density at radius 1 is 1.03 bits per heavy atom. The summed E-state index contributed by atoms with van der Waals surface area (Å²) in [6.45, 7) is 1.88. The molecule has 1 aliphatic rings. The molecule has 0 saturated carbocycles. The second-order valence-corrected chi connectivity index (χ2v) is 8.30. The number of esters is 1. The van der Waals surface area contributed by atoms with E-state index in [2.05, 4.69) is 21.4 Å². The highest BCUT2D eigenvalue weighted by Crippen LogP contribution is 2.11. The molecule has 29 heavy (non-hydrogen) atoms. The fourth-order valence-electron chi connectivity index (χ4n) is 2.47. The monoisotopic (exact) mass is 439 g/mol. The first-order chi connectivity index (χ1) is 13.7. The first-order valence-corrected chi connectivity index (χ1v) is 11.4. The molecular weight excluding hydrogens is 406 g/mol. The predicted molar refractivity (Wildman–Crippen MR) is 104 cm³/mol. The molecule has 0 bridgehead atoms. The first kappa shape index (κ1) is 27.3. The van der Waals surface area contributed by atoms with Crippen LogP contribution in [0.15, 0.2) is 0 Å². The zero-order valence-electron chi connectivity index (χ0n) is 17.0. The minimum Gasteiger partial charge on any atom is -0.463 e. The molecule has 1 amide bonds. The summed E-state index contributed by atoms with van der Waals surface area (Å²) >= 11 is 0. The van der Waals surface area contributed by atoms with E-state index in [9.17, 15) is 22.8 Å². The van der Waals surface area contributed by atoms with Gasteiger partial charge in [-0.25, -0.2) is 4.79 Å². The van der Waals surface area contributed by atoms with Crippen molar-refractivity contribution < 1.29 is 41.9 Å². The van der Waals surface area contributed by atoms with E-state index in [-0.39, 0.29) is 19.1 Å². The smallest absolute Gasteiger partial charge is 0.363 e. The SMILES string of the molecule is CCCCCCCCCCCC(N)=O.O=C1CC(S(=O)(=O)O)C(=O)OOCCO1. The zero-order chi connectivity index (χ0) is 22.1. The third-order valence-corrected chi connectivity index (χ3v) is 5.15. The molecule has 0 aromatic rings. The Hall–Kier alpha value is -1.72. The fraction of sp³-hybridized carbons (Fsp3) is 0.833. The van der Waals surface area contributed by atoms with Crippen molar-refractivity contribution in [2.24, 2.45) is 5.73 Å². The van der Waals surface area contributed by atoms with Crippen molar-refractivity contribution in [2.45, 2.75) is 82.8 Å². The summed E-state index contributed by atoms with van der Waals surface area (Å²) in [5, 5.41) is -2.01. The van der Waals surface area contributed by atoms with Gasteiger partial charge in [0.1, 0.15) is 13.2 Å². The summed E-state index contributed by atoms with van der Waals surface area (Å²) in [6, 6.07) is 0. The second-order valence-electron chi connectivity index (χ2n) is 6.70. The molecule has 11 heteroatoms. The summed E-state index contributed by atoms with van der Waals surface area (Å²) in [6.07, 6.45) is 11.3. The maximum Gasteiger partial charge on any atom is 0.363 e. The average molecular weight is 440 g/mol. The molecule has 10 nitrogen and oxygen atoms in total. The molecule has 1 rings (SSSR count). The number of carbonyl (C=O) groups is 3. The minimum atomic E-state index is -4.72. The molecule has 0 spiro atoms. The fourth-order valence-corrected chi connectivity index (χ4v) is 3.10. The number of ether oxygens (including phenoxy) is 1. The number of unbranched alkanes of at least 4 members (excludes halogenated alkanes) is 8. The Labute approximate surface area is 172 Å². The van der Waals surface area contributed by atoms with Gasteiger partial charge in [0.2, 0.25) is 5.91 Å². The van der Waals surface area contributed by atoms with E-state index in [0.717, 1.165) is 12.8 Å². The van der Waals surface area contributed by atoms with Gasteiger partial charge in [-0.1, -0.05) is 58.3 Å². The van der Waals surface area contributed by atoms with Crippen molar-refractivity contribution in [1.82, 2.24) is 0 Å². The van der Waals surface area contributed by atoms with Crippen LogP contribution in [-0.2, 0) is 39.0 Å². The lowest BCUT2D eigenvalue weighted by molar-refractivity contribution is -0.273. The standard InChI is InChI=1S/C12H25NO.C6H8O8S/c1-2-3-4-5-6-7-8-9-10-11-12(13)14;7-5-3-4(15(9,10)11)6(8)14-13-2-1-12-5/h2-11H2,1H3,(H2,13,14);4H,1-3H2,(H,9,10,11). The van der Waals surface area contributed by atoms with Gasteiger partial charge in [-0.3, -0.25) is 19.0 Å². The summed E-state index contributed by atoms with van der Waals surface area (Å²) < 4.78 is 34.5. The highest BCUT2D eigenvalue weighted by Gasteiger charge is 2.37. The van der Waals surface area contributed by atoms with Crippen LogP contribution in [0.5, 0.6) is 0 Å². The Bertz CT molecular complexity index is 592. The molecule has 1 aliphatic heterocycles. The molecule has 1 saturated heterocycles. The molecule has 1 atom stereocenters. The normalized spacial score (nSPS) is 17.7. The molecule has 3 N–H and O–H groups in total. The van der Waals surface area contributed by atoms with Gasteiger partial charge in [0, 0.05) is 6.42 Å². The van der Waals surface area contributed by atoms with Crippen LogP contribution < -0.4 is 5.73 Å². The number of amides is 1. The maximum absolute atomic E-state index is 11.0. The van der Waals surface area contributed by atoms with Crippen LogP contribution in [0, 0.1) is 0 Å². The van der Waals surface area contributed by atoms with Crippen molar-refractivity contribution in [2.75, 3.05) is 13.2 Å². The number of carbonyl (C=O) groups excluding carboxylic acids is 3. The van der Waals surface area contributed by atoms with Crippen LogP contribution in [-0.4, -0.2) is 49.3 Å². The highest BCUT2D eigenvalue weighted by molar-refractivity contribution is 7.87. The molecule has 0 aliphatic carbocycles. The largest absolute Gasteiger partial charge is 0.463 e. The van der Waals surface area contributed by atoms with E-state index in [1.165, 1.54) is 44.9 Å². The van der Waals surface area contributed by atoms with Crippen molar-refractivity contribution >= 4 is 28.0 Å². The van der Waals surface area contributed by atoms with Crippen LogP contribution in [0.2, 0.25) is 0 Å². The van der Waals surface area contributed by atoms with E-state index < -0.39 is 33.7 Å².